The minimum atomic E-state index is 0.192. The Morgan fingerprint density at radius 2 is 0.310 bits per heavy atom. The van der Waals surface area contributed by atoms with Gasteiger partial charge in [-0.15, -0.1) is 0 Å². The van der Waals surface area contributed by atoms with Crippen LogP contribution in [0.4, 0.5) is 0 Å². The molecule has 7 rings (SSSR count). The van der Waals surface area contributed by atoms with Crippen LogP contribution in [0.15, 0.2) is 72.8 Å². The second-order valence-corrected chi connectivity index (χ2v) is 25.5. The topological polar surface area (TPSA) is 121 Å². The first kappa shape index (κ1) is 65.7. The largest absolute Gasteiger partial charge is 0.507 e. The summed E-state index contributed by atoms with van der Waals surface area (Å²) in [6.07, 6.45) is 33.7. The lowest BCUT2D eigenvalue weighted by Gasteiger charge is -2.20. The summed E-state index contributed by atoms with van der Waals surface area (Å²) in [6, 6.07) is 25.8. The molecule has 84 heavy (non-hydrogen) atoms. The van der Waals surface area contributed by atoms with Crippen molar-refractivity contribution in [3.63, 3.8) is 0 Å². The Labute approximate surface area is 508 Å². The lowest BCUT2D eigenvalue weighted by Crippen LogP contribution is -2.05. The van der Waals surface area contributed by atoms with Crippen molar-refractivity contribution in [2.75, 3.05) is 0 Å². The molecule has 0 amide bonds. The maximum atomic E-state index is 12.7. The second kappa shape index (κ2) is 34.3. The molecule has 6 aromatic rings. The summed E-state index contributed by atoms with van der Waals surface area (Å²) in [5.74, 6) is 1.15. The van der Waals surface area contributed by atoms with Gasteiger partial charge in [-0.25, -0.2) is 0 Å². The average Bonchev–Trinajstić information content (AvgIpc) is 3.33. The van der Waals surface area contributed by atoms with Crippen LogP contribution in [0.1, 0.15) is 296 Å². The molecule has 0 saturated heterocycles. The predicted octanol–water partition coefficient (Wildman–Crippen LogP) is 20.5. The van der Waals surface area contributed by atoms with Gasteiger partial charge in [-0.3, -0.25) is 0 Å². The molecule has 1 aliphatic rings. The molecule has 456 valence electrons. The summed E-state index contributed by atoms with van der Waals surface area (Å²) >= 11 is 0. The summed E-state index contributed by atoms with van der Waals surface area (Å²) in [5.41, 5.74) is 15.9. The molecule has 0 aromatic heterocycles. The fourth-order valence-electron chi connectivity index (χ4n) is 13.2. The highest BCUT2D eigenvalue weighted by atomic mass is 16.3. The highest BCUT2D eigenvalue weighted by Gasteiger charge is 2.24. The molecule has 0 heterocycles. The summed E-state index contributed by atoms with van der Waals surface area (Å²) < 4.78 is 0. The van der Waals surface area contributed by atoms with Crippen molar-refractivity contribution in [1.82, 2.24) is 0 Å². The van der Waals surface area contributed by atoms with Gasteiger partial charge in [0.05, 0.1) is 0 Å². The van der Waals surface area contributed by atoms with Gasteiger partial charge in [0.2, 0.25) is 0 Å². The van der Waals surface area contributed by atoms with Crippen molar-refractivity contribution in [2.24, 2.45) is 0 Å². The van der Waals surface area contributed by atoms with Crippen molar-refractivity contribution >= 4 is 0 Å². The molecule has 0 atom stereocenters. The van der Waals surface area contributed by atoms with Gasteiger partial charge in [-0.2, -0.15) is 0 Å². The molecule has 0 spiro atoms. The lowest BCUT2D eigenvalue weighted by atomic mass is 9.87. The molecular formula is C78H108O6. The van der Waals surface area contributed by atoms with E-state index < -0.39 is 0 Å². The minimum absolute atomic E-state index is 0.192. The summed E-state index contributed by atoms with van der Waals surface area (Å²) in [4.78, 5) is 0. The second-order valence-electron chi connectivity index (χ2n) is 25.5. The molecule has 0 saturated carbocycles. The lowest BCUT2D eigenvalue weighted by molar-refractivity contribution is 0.450. The third-order valence-corrected chi connectivity index (χ3v) is 18.2. The highest BCUT2D eigenvalue weighted by molar-refractivity contribution is 5.59. The summed E-state index contributed by atoms with van der Waals surface area (Å²) in [7, 11) is 0. The van der Waals surface area contributed by atoms with E-state index in [1.165, 1.54) is 0 Å². The number of fused-ring (bicyclic) bond motifs is 12. The molecular weight excluding hydrogens is 1030 g/mol. The van der Waals surface area contributed by atoms with Crippen molar-refractivity contribution < 1.29 is 30.6 Å². The van der Waals surface area contributed by atoms with Crippen LogP contribution in [0.5, 0.6) is 34.5 Å². The summed E-state index contributed by atoms with van der Waals surface area (Å²) in [5, 5.41) is 76.0. The van der Waals surface area contributed by atoms with Crippen molar-refractivity contribution in [3.05, 3.63) is 173 Å². The zero-order chi connectivity index (χ0) is 59.8. The molecule has 0 unspecified atom stereocenters. The number of hydrogen-bond acceptors (Lipinski definition) is 6. The Balaban J connectivity index is 1.48. The highest BCUT2D eigenvalue weighted by Crippen LogP contribution is 2.42. The number of phenols is 6. The van der Waals surface area contributed by atoms with Crippen LogP contribution in [0.2, 0.25) is 0 Å². The van der Waals surface area contributed by atoms with E-state index in [0.29, 0.717) is 38.5 Å². The van der Waals surface area contributed by atoms with E-state index in [-0.39, 0.29) is 34.5 Å². The first-order chi connectivity index (χ1) is 40.9. The first-order valence-electron chi connectivity index (χ1n) is 33.9. The van der Waals surface area contributed by atoms with Gasteiger partial charge < -0.3 is 30.6 Å². The Hall–Kier alpha value is -5.88. The van der Waals surface area contributed by atoms with E-state index in [1.54, 1.807) is 0 Å². The standard InChI is InChI=1S/C78H108O6/c1-7-13-19-25-31-55-37-61-49-63-39-56(32-26-20-14-8-2)41-65(74(63)80)51-67-43-58(34-28-22-16-10-4)45-69(76(67)82)53-71-47-60(36-30-24-18-12-6)48-72(78(71)84)54-70-46-59(35-29-23-17-11-5)44-68(77(70)83)52-66-42-57(33-27-21-15-9-3)40-64(75(66)81)50-62(38-55)73(61)79/h37-48,79-84H,7-36,49-54H2,1-6H3. The maximum absolute atomic E-state index is 12.7. The molecule has 6 N–H and O–H groups in total. The predicted molar refractivity (Wildman–Crippen MR) is 353 cm³/mol. The molecule has 12 bridgehead atoms. The number of hydrogen-bond donors (Lipinski definition) is 6. The van der Waals surface area contributed by atoms with Crippen LogP contribution >= 0.6 is 0 Å². The molecule has 0 fully saturated rings. The quantitative estimate of drug-likeness (QED) is 0.0250. The van der Waals surface area contributed by atoms with Crippen molar-refractivity contribution in [1.29, 1.82) is 0 Å². The van der Waals surface area contributed by atoms with Crippen LogP contribution in [-0.4, -0.2) is 30.6 Å². The molecule has 0 aliphatic heterocycles. The third-order valence-electron chi connectivity index (χ3n) is 18.2. The Morgan fingerprint density at radius 3 is 0.417 bits per heavy atom. The number of rotatable bonds is 30. The molecule has 6 heteroatoms. The number of aryl methyl sites for hydroxylation is 6. The van der Waals surface area contributed by atoms with E-state index in [9.17, 15) is 30.6 Å². The molecule has 0 radical (unpaired) electrons. The summed E-state index contributed by atoms with van der Waals surface area (Å²) in [6.45, 7) is 13.4. The average molecular weight is 1140 g/mol. The van der Waals surface area contributed by atoms with Crippen LogP contribution in [-0.2, 0) is 77.0 Å². The van der Waals surface area contributed by atoms with Crippen LogP contribution < -0.4 is 0 Å². The number of unbranched alkanes of at least 4 members (excludes halogenated alkanes) is 18. The van der Waals surface area contributed by atoms with Gasteiger partial charge in [-0.1, -0.05) is 230 Å². The smallest absolute Gasteiger partial charge is 0.122 e. The third kappa shape index (κ3) is 19.1. The SMILES string of the molecule is CCCCCCc1cc2c(O)c(c1)Cc1cc(CCCCCC)cc(c1O)Cc1cc(CCCCCC)cc(c1O)Cc1cc(CCCCCC)cc(c1O)Cc1cc(CCCCCC)cc(c1O)Cc1cc(CCCCCC)cc(c1O)C2. The van der Waals surface area contributed by atoms with Crippen LogP contribution in [0.25, 0.3) is 0 Å². The minimum Gasteiger partial charge on any atom is -0.507 e. The normalized spacial score (nSPS) is 12.6. The van der Waals surface area contributed by atoms with E-state index >= 15 is 0 Å². The van der Waals surface area contributed by atoms with Gasteiger partial charge in [0.1, 0.15) is 34.5 Å². The van der Waals surface area contributed by atoms with Crippen molar-refractivity contribution in [2.45, 2.75) is 273 Å². The number of phenolic OH excluding ortho intramolecular Hbond substituents is 6. The van der Waals surface area contributed by atoms with E-state index in [0.717, 1.165) is 293 Å². The Bertz CT molecular complexity index is 2350. The number of aromatic hydroxyl groups is 6. The number of benzene rings is 6. The fourth-order valence-corrected chi connectivity index (χ4v) is 13.2. The van der Waals surface area contributed by atoms with E-state index in [1.807, 2.05) is 0 Å². The van der Waals surface area contributed by atoms with Gasteiger partial charge in [0.15, 0.2) is 0 Å². The van der Waals surface area contributed by atoms with E-state index in [2.05, 4.69) is 114 Å². The van der Waals surface area contributed by atoms with Gasteiger partial charge >= 0.3 is 0 Å². The monoisotopic (exact) mass is 1140 g/mol. The Kier molecular flexibility index (Phi) is 26.8. The Morgan fingerprint density at radius 1 is 0.190 bits per heavy atom. The molecule has 6 aromatic carbocycles. The van der Waals surface area contributed by atoms with E-state index in [4.69, 9.17) is 0 Å². The zero-order valence-corrected chi connectivity index (χ0v) is 53.1. The molecule has 6 nitrogen and oxygen atoms in total. The molecule has 1 aliphatic carbocycles. The van der Waals surface area contributed by atoms with Gasteiger partial charge in [0.25, 0.3) is 0 Å². The first-order valence-corrected chi connectivity index (χ1v) is 33.9. The van der Waals surface area contributed by atoms with Crippen LogP contribution in [0.3, 0.4) is 0 Å². The zero-order valence-electron chi connectivity index (χ0n) is 53.1. The fraction of sp³-hybridized carbons (Fsp3) is 0.538. The van der Waals surface area contributed by atoms with Crippen molar-refractivity contribution in [3.8, 4) is 34.5 Å². The van der Waals surface area contributed by atoms with Gasteiger partial charge in [0, 0.05) is 38.5 Å². The maximum Gasteiger partial charge on any atom is 0.122 e. The van der Waals surface area contributed by atoms with Crippen LogP contribution in [0, 0.1) is 0 Å². The van der Waals surface area contributed by atoms with Gasteiger partial charge in [-0.05, 0) is 177 Å².